The third-order valence-corrected chi connectivity index (χ3v) is 3.99. The molecule has 0 bridgehead atoms. The molecule has 19 heavy (non-hydrogen) atoms. The molecule has 0 spiro atoms. The lowest BCUT2D eigenvalue weighted by molar-refractivity contribution is -0.130. The number of nitrogens with zero attached hydrogens (tertiary/aromatic N) is 2. The van der Waals surface area contributed by atoms with Crippen LogP contribution in [0.4, 0.5) is 5.69 Å². The molecule has 1 fully saturated rings. The lowest BCUT2D eigenvalue weighted by Crippen LogP contribution is -2.50. The Hall–Kier alpha value is -1.56. The number of benzene rings is 1. The first kappa shape index (κ1) is 13.9. The predicted molar refractivity (Wildman–Crippen MR) is 76.7 cm³/mol. The molecule has 0 aliphatic carbocycles. The minimum atomic E-state index is -0.0815. The van der Waals surface area contributed by atoms with Crippen molar-refractivity contribution in [2.75, 3.05) is 31.9 Å². The standard InChI is InChI=1S/C13H16BrN3O2/c1-9(18)16-5-7-17(8-6-16)13(19)10-3-2-4-11(14)12(10)15/h2-4H,5-8,15H2,1H3. The lowest BCUT2D eigenvalue weighted by atomic mass is 10.1. The molecule has 1 aliphatic heterocycles. The largest absolute Gasteiger partial charge is 0.397 e. The number of carbonyl (C=O) groups excluding carboxylic acids is 2. The molecule has 0 aromatic heterocycles. The molecule has 2 rings (SSSR count). The van der Waals surface area contributed by atoms with Crippen LogP contribution in [0.25, 0.3) is 0 Å². The van der Waals surface area contributed by atoms with E-state index in [1.165, 1.54) is 0 Å². The van der Waals surface area contributed by atoms with Gasteiger partial charge >= 0.3 is 0 Å². The topological polar surface area (TPSA) is 66.6 Å². The van der Waals surface area contributed by atoms with Gasteiger partial charge in [0, 0.05) is 37.6 Å². The number of halogens is 1. The minimum absolute atomic E-state index is 0.0501. The van der Waals surface area contributed by atoms with Crippen LogP contribution < -0.4 is 5.73 Å². The van der Waals surface area contributed by atoms with E-state index in [-0.39, 0.29) is 11.8 Å². The van der Waals surface area contributed by atoms with Crippen LogP contribution in [-0.4, -0.2) is 47.8 Å². The Morgan fingerprint density at radius 3 is 2.32 bits per heavy atom. The SMILES string of the molecule is CC(=O)N1CCN(C(=O)c2cccc(Br)c2N)CC1. The van der Waals surface area contributed by atoms with E-state index in [0.717, 1.165) is 4.47 Å². The molecular formula is C13H16BrN3O2. The van der Waals surface area contributed by atoms with E-state index >= 15 is 0 Å². The van der Waals surface area contributed by atoms with Gasteiger partial charge in [-0.3, -0.25) is 9.59 Å². The molecule has 1 saturated heterocycles. The fourth-order valence-electron chi connectivity index (χ4n) is 2.12. The van der Waals surface area contributed by atoms with Gasteiger partial charge in [0.2, 0.25) is 5.91 Å². The summed E-state index contributed by atoms with van der Waals surface area (Å²) in [5, 5.41) is 0. The van der Waals surface area contributed by atoms with E-state index in [0.29, 0.717) is 37.4 Å². The second kappa shape index (κ2) is 5.61. The van der Waals surface area contributed by atoms with Gasteiger partial charge in [-0.15, -0.1) is 0 Å². The maximum Gasteiger partial charge on any atom is 0.256 e. The van der Waals surface area contributed by atoms with Crippen LogP contribution in [0.3, 0.4) is 0 Å². The molecule has 1 aromatic rings. The van der Waals surface area contributed by atoms with Crippen molar-refractivity contribution in [2.45, 2.75) is 6.92 Å². The minimum Gasteiger partial charge on any atom is -0.397 e. The number of para-hydroxylation sites is 1. The zero-order valence-electron chi connectivity index (χ0n) is 10.7. The zero-order chi connectivity index (χ0) is 14.0. The van der Waals surface area contributed by atoms with Gasteiger partial charge in [-0.2, -0.15) is 0 Å². The van der Waals surface area contributed by atoms with Crippen molar-refractivity contribution in [2.24, 2.45) is 0 Å². The van der Waals surface area contributed by atoms with Crippen molar-refractivity contribution in [1.29, 1.82) is 0 Å². The number of hydrogen-bond acceptors (Lipinski definition) is 3. The Labute approximate surface area is 120 Å². The molecule has 2 N–H and O–H groups in total. The fourth-order valence-corrected chi connectivity index (χ4v) is 2.48. The van der Waals surface area contributed by atoms with E-state index in [1.807, 2.05) is 0 Å². The maximum absolute atomic E-state index is 12.4. The maximum atomic E-state index is 12.4. The van der Waals surface area contributed by atoms with E-state index < -0.39 is 0 Å². The Kier molecular flexibility index (Phi) is 4.09. The summed E-state index contributed by atoms with van der Waals surface area (Å²) in [6.07, 6.45) is 0. The average Bonchev–Trinajstić information content (AvgIpc) is 2.41. The fraction of sp³-hybridized carbons (Fsp3) is 0.385. The third-order valence-electron chi connectivity index (χ3n) is 3.30. The first-order valence-electron chi connectivity index (χ1n) is 6.09. The van der Waals surface area contributed by atoms with Gasteiger partial charge < -0.3 is 15.5 Å². The van der Waals surface area contributed by atoms with E-state index in [9.17, 15) is 9.59 Å². The highest BCUT2D eigenvalue weighted by atomic mass is 79.9. The summed E-state index contributed by atoms with van der Waals surface area (Å²) in [5.41, 5.74) is 6.87. The Morgan fingerprint density at radius 1 is 1.16 bits per heavy atom. The molecule has 102 valence electrons. The number of anilines is 1. The summed E-state index contributed by atoms with van der Waals surface area (Å²) in [7, 11) is 0. The predicted octanol–water partition coefficient (Wildman–Crippen LogP) is 1.34. The van der Waals surface area contributed by atoms with E-state index in [2.05, 4.69) is 15.9 Å². The summed E-state index contributed by atoms with van der Waals surface area (Å²) in [5.74, 6) is -0.0314. The molecule has 0 saturated carbocycles. The van der Waals surface area contributed by atoms with Crippen molar-refractivity contribution >= 4 is 33.4 Å². The lowest BCUT2D eigenvalue weighted by Gasteiger charge is -2.34. The van der Waals surface area contributed by atoms with Crippen LogP contribution in [0, 0.1) is 0 Å². The van der Waals surface area contributed by atoms with E-state index in [1.54, 1.807) is 34.9 Å². The number of rotatable bonds is 1. The van der Waals surface area contributed by atoms with Crippen LogP contribution in [0.5, 0.6) is 0 Å². The molecule has 1 aliphatic rings. The number of nitrogen functional groups attached to an aromatic ring is 1. The van der Waals surface area contributed by atoms with E-state index in [4.69, 9.17) is 5.73 Å². The summed E-state index contributed by atoms with van der Waals surface area (Å²) >= 11 is 3.32. The Morgan fingerprint density at radius 2 is 1.74 bits per heavy atom. The number of carbonyl (C=O) groups is 2. The van der Waals surface area contributed by atoms with Crippen LogP contribution in [0.15, 0.2) is 22.7 Å². The van der Waals surface area contributed by atoms with Crippen LogP contribution in [0.2, 0.25) is 0 Å². The van der Waals surface area contributed by atoms with Gasteiger partial charge in [-0.1, -0.05) is 6.07 Å². The highest BCUT2D eigenvalue weighted by Gasteiger charge is 2.24. The van der Waals surface area contributed by atoms with Crippen molar-refractivity contribution < 1.29 is 9.59 Å². The second-order valence-corrected chi connectivity index (χ2v) is 5.35. The highest BCUT2D eigenvalue weighted by Crippen LogP contribution is 2.24. The number of nitrogens with two attached hydrogens (primary N) is 1. The quantitative estimate of drug-likeness (QED) is 0.792. The molecule has 5 nitrogen and oxygen atoms in total. The molecule has 1 heterocycles. The van der Waals surface area contributed by atoms with Crippen molar-refractivity contribution in [3.63, 3.8) is 0 Å². The van der Waals surface area contributed by atoms with Crippen molar-refractivity contribution in [3.8, 4) is 0 Å². The Bertz CT molecular complexity index is 511. The van der Waals surface area contributed by atoms with Crippen LogP contribution >= 0.6 is 15.9 Å². The first-order valence-corrected chi connectivity index (χ1v) is 6.89. The highest BCUT2D eigenvalue weighted by molar-refractivity contribution is 9.10. The Balaban J connectivity index is 2.09. The molecule has 6 heteroatoms. The average molecular weight is 326 g/mol. The van der Waals surface area contributed by atoms with Crippen LogP contribution in [-0.2, 0) is 4.79 Å². The monoisotopic (exact) mass is 325 g/mol. The molecule has 1 aromatic carbocycles. The summed E-state index contributed by atoms with van der Waals surface area (Å²) in [4.78, 5) is 27.1. The summed E-state index contributed by atoms with van der Waals surface area (Å²) < 4.78 is 0.723. The van der Waals surface area contributed by atoms with Gasteiger partial charge in [0.25, 0.3) is 5.91 Å². The molecule has 0 atom stereocenters. The van der Waals surface area contributed by atoms with Gasteiger partial charge in [0.15, 0.2) is 0 Å². The third kappa shape index (κ3) is 2.89. The first-order chi connectivity index (χ1) is 9.00. The van der Waals surface area contributed by atoms with Gasteiger partial charge in [-0.05, 0) is 28.1 Å². The van der Waals surface area contributed by atoms with Gasteiger partial charge in [0.05, 0.1) is 11.3 Å². The van der Waals surface area contributed by atoms with Gasteiger partial charge in [0.1, 0.15) is 0 Å². The zero-order valence-corrected chi connectivity index (χ0v) is 12.3. The normalized spacial score (nSPS) is 15.5. The molecule has 0 unspecified atom stereocenters. The molecule has 0 radical (unpaired) electrons. The molecular weight excluding hydrogens is 310 g/mol. The van der Waals surface area contributed by atoms with Crippen molar-refractivity contribution in [3.05, 3.63) is 28.2 Å². The number of hydrogen-bond donors (Lipinski definition) is 1. The van der Waals surface area contributed by atoms with Crippen molar-refractivity contribution in [1.82, 2.24) is 9.80 Å². The summed E-state index contributed by atoms with van der Waals surface area (Å²) in [6.45, 7) is 3.79. The number of piperazine rings is 1. The van der Waals surface area contributed by atoms with Gasteiger partial charge in [-0.25, -0.2) is 0 Å². The number of amides is 2. The molecule has 2 amide bonds. The second-order valence-electron chi connectivity index (χ2n) is 4.50. The smallest absolute Gasteiger partial charge is 0.256 e. The summed E-state index contributed by atoms with van der Waals surface area (Å²) in [6, 6.07) is 5.32. The van der Waals surface area contributed by atoms with Crippen LogP contribution in [0.1, 0.15) is 17.3 Å².